The van der Waals surface area contributed by atoms with E-state index in [4.69, 9.17) is 5.11 Å². The van der Waals surface area contributed by atoms with E-state index in [1.165, 1.54) is 0 Å². The third kappa shape index (κ3) is 4.77. The van der Waals surface area contributed by atoms with Gasteiger partial charge in [0.05, 0.1) is 6.61 Å². The van der Waals surface area contributed by atoms with E-state index < -0.39 is 5.92 Å². The van der Waals surface area contributed by atoms with Crippen LogP contribution in [0.2, 0.25) is 0 Å². The summed E-state index contributed by atoms with van der Waals surface area (Å²) in [7, 11) is 0. The Kier molecular flexibility index (Phi) is 5.28. The van der Waals surface area contributed by atoms with Crippen LogP contribution in [0, 0.1) is 5.92 Å². The quantitative estimate of drug-likeness (QED) is 0.878. The van der Waals surface area contributed by atoms with Gasteiger partial charge in [-0.15, -0.1) is 0 Å². The van der Waals surface area contributed by atoms with E-state index in [0.717, 1.165) is 11.1 Å². The van der Waals surface area contributed by atoms with Gasteiger partial charge >= 0.3 is 0 Å². The van der Waals surface area contributed by atoms with E-state index in [9.17, 15) is 13.6 Å². The van der Waals surface area contributed by atoms with Crippen molar-refractivity contribution in [2.24, 2.45) is 5.92 Å². The predicted octanol–water partition coefficient (Wildman–Crippen LogP) is 2.66. The lowest BCUT2D eigenvalue weighted by molar-refractivity contribution is -0.129. The van der Waals surface area contributed by atoms with Gasteiger partial charge in [0, 0.05) is 25.3 Å². The van der Waals surface area contributed by atoms with Crippen LogP contribution in [0.15, 0.2) is 24.3 Å². The molecule has 1 aromatic carbocycles. The van der Waals surface area contributed by atoms with Crippen molar-refractivity contribution in [2.45, 2.75) is 44.6 Å². The molecule has 0 spiro atoms. The molecule has 0 bridgehead atoms. The summed E-state index contributed by atoms with van der Waals surface area (Å²) in [5.41, 5.74) is 1.92. The van der Waals surface area contributed by atoms with Gasteiger partial charge in [-0.2, -0.15) is 0 Å². The smallest absolute Gasteiger partial charge is 0.248 e. The molecule has 0 unspecified atom stereocenters. The highest BCUT2D eigenvalue weighted by atomic mass is 19.3. The molecule has 0 saturated heterocycles. The van der Waals surface area contributed by atoms with E-state index in [-0.39, 0.29) is 44.1 Å². The molecule has 116 valence electrons. The summed E-state index contributed by atoms with van der Waals surface area (Å²) in [6.07, 6.45) is 0.857. The Morgan fingerprint density at radius 3 is 2.33 bits per heavy atom. The number of rotatable bonds is 5. The number of aliphatic hydroxyl groups is 1. The summed E-state index contributed by atoms with van der Waals surface area (Å²) < 4.78 is 26.1. The number of hydrogen-bond donors (Lipinski definition) is 2. The molecule has 1 aliphatic carbocycles. The van der Waals surface area contributed by atoms with Gasteiger partial charge in [-0.1, -0.05) is 24.3 Å². The second-order valence-electron chi connectivity index (χ2n) is 5.65. The van der Waals surface area contributed by atoms with Crippen LogP contribution in [0.5, 0.6) is 0 Å². The fraction of sp³-hybridized carbons (Fsp3) is 0.562. The van der Waals surface area contributed by atoms with Gasteiger partial charge < -0.3 is 10.4 Å². The monoisotopic (exact) mass is 297 g/mol. The lowest BCUT2D eigenvalue weighted by Crippen LogP contribution is -2.36. The summed E-state index contributed by atoms with van der Waals surface area (Å²) in [5.74, 6) is -2.98. The maximum atomic E-state index is 13.0. The molecular weight excluding hydrogens is 276 g/mol. The second-order valence-corrected chi connectivity index (χ2v) is 5.65. The predicted molar refractivity (Wildman–Crippen MR) is 76.0 cm³/mol. The average molecular weight is 297 g/mol. The normalized spacial score (nSPS) is 18.4. The molecule has 1 fully saturated rings. The highest BCUT2D eigenvalue weighted by Crippen LogP contribution is 2.36. The van der Waals surface area contributed by atoms with Crippen LogP contribution in [0.25, 0.3) is 0 Å². The molecular formula is C16H21F2NO2. The van der Waals surface area contributed by atoms with Crippen LogP contribution < -0.4 is 5.32 Å². The zero-order chi connectivity index (χ0) is 15.3. The van der Waals surface area contributed by atoms with E-state index in [0.29, 0.717) is 13.0 Å². The number of nitrogens with one attached hydrogen (secondary N) is 1. The Morgan fingerprint density at radius 2 is 1.76 bits per heavy atom. The Bertz CT molecular complexity index is 464. The summed E-state index contributed by atoms with van der Waals surface area (Å²) in [6, 6.07) is 7.53. The number of benzene rings is 1. The summed E-state index contributed by atoms with van der Waals surface area (Å²) in [4.78, 5) is 11.9. The first-order chi connectivity index (χ1) is 10.00. The first kappa shape index (κ1) is 15.9. The zero-order valence-corrected chi connectivity index (χ0v) is 11.9. The first-order valence-electron chi connectivity index (χ1n) is 7.34. The van der Waals surface area contributed by atoms with E-state index >= 15 is 0 Å². The molecule has 0 heterocycles. The van der Waals surface area contributed by atoms with Crippen molar-refractivity contribution >= 4 is 5.91 Å². The lowest BCUT2D eigenvalue weighted by atomic mass is 9.86. The molecule has 0 atom stereocenters. The molecule has 0 radical (unpaired) electrons. The molecule has 21 heavy (non-hydrogen) atoms. The number of halogens is 2. The van der Waals surface area contributed by atoms with Gasteiger partial charge in [0.1, 0.15) is 0 Å². The Balaban J connectivity index is 1.71. The van der Waals surface area contributed by atoms with E-state index in [1.807, 2.05) is 24.3 Å². The highest BCUT2D eigenvalue weighted by molar-refractivity contribution is 5.78. The molecule has 0 aromatic heterocycles. The topological polar surface area (TPSA) is 49.3 Å². The molecule has 1 amide bonds. The SMILES string of the molecule is O=C(NCCc1ccc(CO)cc1)C1CCC(F)(F)CC1. The van der Waals surface area contributed by atoms with E-state index in [1.54, 1.807) is 0 Å². The molecule has 3 nitrogen and oxygen atoms in total. The molecule has 0 aliphatic heterocycles. The van der Waals surface area contributed by atoms with Crippen molar-refractivity contribution in [1.29, 1.82) is 0 Å². The molecule has 2 rings (SSSR count). The van der Waals surface area contributed by atoms with Gasteiger partial charge in [-0.25, -0.2) is 8.78 Å². The number of alkyl halides is 2. The van der Waals surface area contributed by atoms with Crippen LogP contribution in [0.4, 0.5) is 8.78 Å². The van der Waals surface area contributed by atoms with Crippen LogP contribution in [-0.4, -0.2) is 23.5 Å². The van der Waals surface area contributed by atoms with Crippen LogP contribution in [0.3, 0.4) is 0 Å². The standard InChI is InChI=1S/C16H21F2NO2/c17-16(18)8-5-14(6-9-16)15(21)19-10-7-12-1-3-13(11-20)4-2-12/h1-4,14,20H,5-11H2,(H,19,21). The number of carbonyl (C=O) groups is 1. The largest absolute Gasteiger partial charge is 0.392 e. The third-order valence-corrected chi connectivity index (χ3v) is 4.01. The number of hydrogen-bond acceptors (Lipinski definition) is 2. The van der Waals surface area contributed by atoms with Crippen LogP contribution in [-0.2, 0) is 17.8 Å². The van der Waals surface area contributed by atoms with Crippen LogP contribution >= 0.6 is 0 Å². The minimum absolute atomic E-state index is 0.0172. The third-order valence-electron chi connectivity index (χ3n) is 4.01. The van der Waals surface area contributed by atoms with Crippen molar-refractivity contribution in [3.63, 3.8) is 0 Å². The summed E-state index contributed by atoms with van der Waals surface area (Å²) in [6.45, 7) is 0.521. The van der Waals surface area contributed by atoms with Crippen LogP contribution in [0.1, 0.15) is 36.8 Å². The fourth-order valence-corrected chi connectivity index (χ4v) is 2.59. The van der Waals surface area contributed by atoms with E-state index in [2.05, 4.69) is 5.32 Å². The van der Waals surface area contributed by atoms with Gasteiger partial charge in [-0.05, 0) is 30.4 Å². The highest BCUT2D eigenvalue weighted by Gasteiger charge is 2.37. The minimum atomic E-state index is -2.59. The maximum Gasteiger partial charge on any atom is 0.248 e. The van der Waals surface area contributed by atoms with Gasteiger partial charge in [0.25, 0.3) is 0 Å². The summed E-state index contributed by atoms with van der Waals surface area (Å²) >= 11 is 0. The van der Waals surface area contributed by atoms with Crippen molar-refractivity contribution in [1.82, 2.24) is 5.32 Å². The molecule has 1 aromatic rings. The summed E-state index contributed by atoms with van der Waals surface area (Å²) in [5, 5.41) is 11.8. The lowest BCUT2D eigenvalue weighted by Gasteiger charge is -2.27. The Labute approximate surface area is 123 Å². The van der Waals surface area contributed by atoms with Crippen molar-refractivity contribution in [3.8, 4) is 0 Å². The fourth-order valence-electron chi connectivity index (χ4n) is 2.59. The number of amides is 1. The minimum Gasteiger partial charge on any atom is -0.392 e. The van der Waals surface area contributed by atoms with Crippen molar-refractivity contribution in [2.75, 3.05) is 6.54 Å². The van der Waals surface area contributed by atoms with Gasteiger partial charge in [0.15, 0.2) is 0 Å². The number of aliphatic hydroxyl groups excluding tert-OH is 1. The molecule has 5 heteroatoms. The van der Waals surface area contributed by atoms with Gasteiger partial charge in [0.2, 0.25) is 11.8 Å². The molecule has 1 aliphatic rings. The number of carbonyl (C=O) groups excluding carboxylic acids is 1. The second kappa shape index (κ2) is 6.98. The van der Waals surface area contributed by atoms with Crippen molar-refractivity contribution in [3.05, 3.63) is 35.4 Å². The molecule has 1 saturated carbocycles. The maximum absolute atomic E-state index is 13.0. The van der Waals surface area contributed by atoms with Crippen molar-refractivity contribution < 1.29 is 18.7 Å². The zero-order valence-electron chi connectivity index (χ0n) is 11.9. The Hall–Kier alpha value is -1.49. The Morgan fingerprint density at radius 1 is 1.19 bits per heavy atom. The average Bonchev–Trinajstić information content (AvgIpc) is 2.47. The van der Waals surface area contributed by atoms with Gasteiger partial charge in [-0.3, -0.25) is 4.79 Å². The first-order valence-corrected chi connectivity index (χ1v) is 7.34. The molecule has 2 N–H and O–H groups in total.